The van der Waals surface area contributed by atoms with Crippen molar-refractivity contribution >= 4 is 29.7 Å². The summed E-state index contributed by atoms with van der Waals surface area (Å²) in [5.74, 6) is -3.53. The van der Waals surface area contributed by atoms with E-state index < -0.39 is 35.6 Å². The van der Waals surface area contributed by atoms with Gasteiger partial charge >= 0.3 is 0 Å². The Bertz CT molecular complexity index is 870. The van der Waals surface area contributed by atoms with Gasteiger partial charge in [-0.15, -0.1) is 0 Å². The van der Waals surface area contributed by atoms with Gasteiger partial charge in [0.05, 0.1) is 11.8 Å². The van der Waals surface area contributed by atoms with Gasteiger partial charge < -0.3 is 5.32 Å². The van der Waals surface area contributed by atoms with Crippen molar-refractivity contribution in [3.63, 3.8) is 0 Å². The molecule has 194 valence electrons. The summed E-state index contributed by atoms with van der Waals surface area (Å²) in [4.78, 5) is 50.4. The Labute approximate surface area is 208 Å². The highest BCUT2D eigenvalue weighted by Gasteiger charge is 2.35. The van der Waals surface area contributed by atoms with Crippen LogP contribution in [-0.2, 0) is 19.2 Å². The second-order valence-corrected chi connectivity index (χ2v) is 9.61. The number of hydrogen-bond acceptors (Lipinski definition) is 5. The second-order valence-electron chi connectivity index (χ2n) is 9.61. The van der Waals surface area contributed by atoms with Crippen molar-refractivity contribution in [3.8, 4) is 0 Å². The zero-order valence-corrected chi connectivity index (χ0v) is 21.6. The van der Waals surface area contributed by atoms with Crippen LogP contribution in [0.1, 0.15) is 59.9 Å². The Balaban J connectivity index is 3.18. The molecule has 0 aliphatic carbocycles. The van der Waals surface area contributed by atoms with Gasteiger partial charge in [-0.2, -0.15) is 0 Å². The standard InChI is InChI=1S/C26H40N4O5/c1-17(2)15-23(22(25(33)29-35)14-10-13-21-11-8-7-9-12-21)24(32)28-30(16-18(3)4)26(34)19(5)27-20(6)31/h7-13,17-19,22-23,35H,14-16H2,1-6H3,(H,27,31)(H,28,32)(H,29,33)/b13-10+/t19-,22+,23-/m1/s1. The summed E-state index contributed by atoms with van der Waals surface area (Å²) >= 11 is 0. The highest BCUT2D eigenvalue weighted by atomic mass is 16.5. The minimum atomic E-state index is -0.855. The van der Waals surface area contributed by atoms with E-state index in [0.29, 0.717) is 6.42 Å². The van der Waals surface area contributed by atoms with Gasteiger partial charge in [-0.25, -0.2) is 5.48 Å². The van der Waals surface area contributed by atoms with Gasteiger partial charge in [0.1, 0.15) is 6.04 Å². The Morgan fingerprint density at radius 2 is 1.57 bits per heavy atom. The van der Waals surface area contributed by atoms with Crippen molar-refractivity contribution in [2.75, 3.05) is 6.54 Å². The maximum Gasteiger partial charge on any atom is 0.263 e. The molecule has 0 aliphatic rings. The molecule has 1 aromatic rings. The quantitative estimate of drug-likeness (QED) is 0.266. The molecule has 1 aromatic carbocycles. The Morgan fingerprint density at radius 1 is 0.943 bits per heavy atom. The first kappa shape index (κ1) is 29.8. The van der Waals surface area contributed by atoms with Crippen LogP contribution in [0.4, 0.5) is 0 Å². The fraction of sp³-hybridized carbons (Fsp3) is 0.538. The molecule has 0 saturated carbocycles. The number of hydrazine groups is 1. The zero-order chi connectivity index (χ0) is 26.5. The predicted molar refractivity (Wildman–Crippen MR) is 134 cm³/mol. The third-order valence-electron chi connectivity index (χ3n) is 5.34. The van der Waals surface area contributed by atoms with E-state index in [2.05, 4.69) is 10.7 Å². The molecule has 0 unspecified atom stereocenters. The molecule has 1 rings (SSSR count). The van der Waals surface area contributed by atoms with Crippen LogP contribution in [0, 0.1) is 23.7 Å². The number of nitrogens with one attached hydrogen (secondary N) is 3. The molecule has 9 nitrogen and oxygen atoms in total. The van der Waals surface area contributed by atoms with E-state index in [9.17, 15) is 24.4 Å². The van der Waals surface area contributed by atoms with Gasteiger partial charge in [0.15, 0.2) is 0 Å². The summed E-state index contributed by atoms with van der Waals surface area (Å²) in [5, 5.41) is 13.1. The van der Waals surface area contributed by atoms with E-state index in [4.69, 9.17) is 0 Å². The highest BCUT2D eigenvalue weighted by Crippen LogP contribution is 2.25. The lowest BCUT2D eigenvalue weighted by Crippen LogP contribution is -2.56. The maximum atomic E-state index is 13.4. The number of hydroxylamine groups is 1. The normalized spacial score (nSPS) is 13.9. The van der Waals surface area contributed by atoms with E-state index in [-0.39, 0.29) is 30.7 Å². The highest BCUT2D eigenvalue weighted by molar-refractivity contribution is 5.91. The summed E-state index contributed by atoms with van der Waals surface area (Å²) < 4.78 is 0. The number of hydrogen-bond donors (Lipinski definition) is 4. The first-order valence-corrected chi connectivity index (χ1v) is 12.0. The van der Waals surface area contributed by atoms with Gasteiger partial charge in [0.2, 0.25) is 17.7 Å². The summed E-state index contributed by atoms with van der Waals surface area (Å²) in [6.07, 6.45) is 4.23. The SMILES string of the molecule is CC(=O)N[C@H](C)C(=O)N(CC(C)C)NC(=O)[C@H](CC(C)C)[C@H](C/C=C/c1ccccc1)C(=O)NO. The van der Waals surface area contributed by atoms with Crippen molar-refractivity contribution < 1.29 is 24.4 Å². The summed E-state index contributed by atoms with van der Waals surface area (Å²) in [6, 6.07) is 8.70. The van der Waals surface area contributed by atoms with Crippen LogP contribution in [0.2, 0.25) is 0 Å². The van der Waals surface area contributed by atoms with Crippen LogP contribution in [0.5, 0.6) is 0 Å². The Morgan fingerprint density at radius 3 is 2.09 bits per heavy atom. The van der Waals surface area contributed by atoms with Crippen molar-refractivity contribution in [2.45, 2.75) is 60.4 Å². The van der Waals surface area contributed by atoms with Gasteiger partial charge in [-0.05, 0) is 37.2 Å². The van der Waals surface area contributed by atoms with E-state index in [1.54, 1.807) is 18.5 Å². The average Bonchev–Trinajstić information content (AvgIpc) is 2.79. The van der Waals surface area contributed by atoms with Crippen molar-refractivity contribution in [1.29, 1.82) is 0 Å². The molecule has 9 heteroatoms. The van der Waals surface area contributed by atoms with Gasteiger partial charge in [-0.1, -0.05) is 70.2 Å². The van der Waals surface area contributed by atoms with Crippen LogP contribution in [0.15, 0.2) is 36.4 Å². The molecule has 0 bridgehead atoms. The fourth-order valence-corrected chi connectivity index (χ4v) is 3.79. The molecule has 0 aromatic heterocycles. The van der Waals surface area contributed by atoms with Crippen LogP contribution in [0.3, 0.4) is 0 Å². The third-order valence-corrected chi connectivity index (χ3v) is 5.34. The lowest BCUT2D eigenvalue weighted by molar-refractivity contribution is -0.149. The number of rotatable bonds is 12. The first-order chi connectivity index (χ1) is 16.5. The van der Waals surface area contributed by atoms with E-state index in [0.717, 1.165) is 5.56 Å². The van der Waals surface area contributed by atoms with Crippen LogP contribution in [0.25, 0.3) is 6.08 Å². The predicted octanol–water partition coefficient (Wildman–Crippen LogP) is 2.91. The average molecular weight is 489 g/mol. The number of allylic oxidation sites excluding steroid dienone is 1. The van der Waals surface area contributed by atoms with Crippen molar-refractivity contribution in [2.24, 2.45) is 23.7 Å². The lowest BCUT2D eigenvalue weighted by Gasteiger charge is -2.32. The number of nitrogens with zero attached hydrogens (tertiary/aromatic N) is 1. The van der Waals surface area contributed by atoms with E-state index in [1.807, 2.05) is 64.1 Å². The zero-order valence-electron chi connectivity index (χ0n) is 21.6. The summed E-state index contributed by atoms with van der Waals surface area (Å²) in [5.41, 5.74) is 5.32. The topological polar surface area (TPSA) is 128 Å². The molecular weight excluding hydrogens is 448 g/mol. The molecule has 4 amide bonds. The smallest absolute Gasteiger partial charge is 0.263 e. The number of benzene rings is 1. The molecule has 0 aliphatic heterocycles. The van der Waals surface area contributed by atoms with Gasteiger partial charge in [-0.3, -0.25) is 34.8 Å². The third kappa shape index (κ3) is 10.7. The number of amides is 4. The van der Waals surface area contributed by atoms with Crippen molar-refractivity contribution in [3.05, 3.63) is 42.0 Å². The lowest BCUT2D eigenvalue weighted by atomic mass is 9.82. The summed E-state index contributed by atoms with van der Waals surface area (Å²) in [6.45, 7) is 10.8. The fourth-order valence-electron chi connectivity index (χ4n) is 3.79. The van der Waals surface area contributed by atoms with Gasteiger partial charge in [0, 0.05) is 13.5 Å². The molecule has 0 saturated heterocycles. The molecule has 0 fully saturated rings. The molecule has 0 spiro atoms. The van der Waals surface area contributed by atoms with Crippen molar-refractivity contribution in [1.82, 2.24) is 21.2 Å². The van der Waals surface area contributed by atoms with E-state index >= 15 is 0 Å². The summed E-state index contributed by atoms with van der Waals surface area (Å²) in [7, 11) is 0. The molecule has 3 atom stereocenters. The Hall–Kier alpha value is -3.20. The van der Waals surface area contributed by atoms with Crippen LogP contribution in [-0.4, -0.2) is 46.4 Å². The minimum absolute atomic E-state index is 0.0395. The Kier molecular flexibility index (Phi) is 12.7. The van der Waals surface area contributed by atoms with Crippen LogP contribution >= 0.6 is 0 Å². The van der Waals surface area contributed by atoms with Gasteiger partial charge in [0.25, 0.3) is 5.91 Å². The second kappa shape index (κ2) is 14.9. The number of carbonyl (C=O) groups is 4. The van der Waals surface area contributed by atoms with E-state index in [1.165, 1.54) is 11.9 Å². The largest absolute Gasteiger partial charge is 0.345 e. The molecule has 4 N–H and O–H groups in total. The minimum Gasteiger partial charge on any atom is -0.345 e. The number of carbonyl (C=O) groups excluding carboxylic acids is 4. The molecule has 35 heavy (non-hydrogen) atoms. The first-order valence-electron chi connectivity index (χ1n) is 12.0. The molecule has 0 heterocycles. The molecule has 0 radical (unpaired) electrons. The molecular formula is C26H40N4O5. The maximum absolute atomic E-state index is 13.4. The van der Waals surface area contributed by atoms with Crippen LogP contribution < -0.4 is 16.2 Å². The monoisotopic (exact) mass is 488 g/mol.